The van der Waals surface area contributed by atoms with Gasteiger partial charge in [0.15, 0.2) is 0 Å². The summed E-state index contributed by atoms with van der Waals surface area (Å²) in [6, 6.07) is 24.6. The van der Waals surface area contributed by atoms with E-state index in [1.165, 1.54) is 39.2 Å². The Hall–Kier alpha value is -2.54. The van der Waals surface area contributed by atoms with Crippen molar-refractivity contribution in [2.75, 3.05) is 4.90 Å². The third-order valence-electron chi connectivity index (χ3n) is 6.09. The minimum absolute atomic E-state index is 0.0187. The molecule has 0 heterocycles. The minimum Gasteiger partial charge on any atom is -0.336 e. The summed E-state index contributed by atoms with van der Waals surface area (Å²) in [4.78, 5) is 2.51. The molecule has 0 spiro atoms. The second kappa shape index (κ2) is 6.51. The first kappa shape index (κ1) is 18.8. The second-order valence-corrected chi connectivity index (χ2v) is 9.39. The van der Waals surface area contributed by atoms with Crippen molar-refractivity contribution in [1.29, 1.82) is 0 Å². The van der Waals surface area contributed by atoms with Crippen LogP contribution >= 0.6 is 0 Å². The van der Waals surface area contributed by atoms with Crippen LogP contribution in [0, 0.1) is 0 Å². The van der Waals surface area contributed by atoms with Gasteiger partial charge >= 0.3 is 0 Å². The van der Waals surface area contributed by atoms with E-state index in [2.05, 4.69) is 113 Å². The van der Waals surface area contributed by atoms with Crippen LogP contribution in [0.1, 0.15) is 58.2 Å². The van der Waals surface area contributed by atoms with Crippen LogP contribution < -0.4 is 4.90 Å². The highest BCUT2D eigenvalue weighted by Crippen LogP contribution is 2.51. The summed E-state index contributed by atoms with van der Waals surface area (Å²) < 4.78 is 0. The Morgan fingerprint density at radius 1 is 0.786 bits per heavy atom. The zero-order valence-corrected chi connectivity index (χ0v) is 18.0. The third kappa shape index (κ3) is 2.85. The fraction of sp³-hybridized carbons (Fsp3) is 0.333. The molecule has 1 aliphatic carbocycles. The predicted molar refractivity (Wildman–Crippen MR) is 122 cm³/mol. The van der Waals surface area contributed by atoms with Crippen molar-refractivity contribution in [1.82, 2.24) is 0 Å². The maximum atomic E-state index is 2.51. The second-order valence-electron chi connectivity index (χ2n) is 9.39. The summed E-state index contributed by atoms with van der Waals surface area (Å²) >= 11 is 0. The van der Waals surface area contributed by atoms with E-state index in [9.17, 15) is 0 Å². The average Bonchev–Trinajstić information content (AvgIpc) is 2.88. The van der Waals surface area contributed by atoms with Crippen LogP contribution in [0.15, 0.2) is 66.7 Å². The van der Waals surface area contributed by atoms with Gasteiger partial charge in [0, 0.05) is 22.3 Å². The van der Waals surface area contributed by atoms with Gasteiger partial charge in [-0.2, -0.15) is 0 Å². The van der Waals surface area contributed by atoms with Gasteiger partial charge in [0.2, 0.25) is 0 Å². The summed E-state index contributed by atoms with van der Waals surface area (Å²) in [5, 5.41) is 0. The third-order valence-corrected chi connectivity index (χ3v) is 6.09. The number of aryl methyl sites for hydroxylation is 1. The van der Waals surface area contributed by atoms with Crippen molar-refractivity contribution in [3.63, 3.8) is 0 Å². The van der Waals surface area contributed by atoms with Crippen LogP contribution in [0.25, 0.3) is 11.1 Å². The van der Waals surface area contributed by atoms with Gasteiger partial charge in [0.25, 0.3) is 0 Å². The predicted octanol–water partition coefficient (Wildman–Crippen LogP) is 7.49. The number of para-hydroxylation sites is 1. The van der Waals surface area contributed by atoms with Gasteiger partial charge in [0.05, 0.1) is 0 Å². The Kier molecular flexibility index (Phi) is 4.38. The molecule has 0 bridgehead atoms. The highest BCUT2D eigenvalue weighted by atomic mass is 15.2. The highest BCUT2D eigenvalue weighted by molar-refractivity contribution is 5.85. The summed E-state index contributed by atoms with van der Waals surface area (Å²) in [6.07, 6.45) is 1.02. The van der Waals surface area contributed by atoms with Crippen molar-refractivity contribution in [3.8, 4) is 11.1 Å². The molecule has 4 rings (SSSR count). The first-order valence-corrected chi connectivity index (χ1v) is 10.4. The van der Waals surface area contributed by atoms with Gasteiger partial charge < -0.3 is 4.90 Å². The van der Waals surface area contributed by atoms with E-state index in [4.69, 9.17) is 0 Å². The fourth-order valence-corrected chi connectivity index (χ4v) is 4.74. The number of nitrogens with zero attached hydrogens (tertiary/aromatic N) is 1. The van der Waals surface area contributed by atoms with E-state index in [-0.39, 0.29) is 11.0 Å². The SMILES string of the molecule is CCc1cc2c(cc1N(c1ccccc1)C(C)(C)C)C(C)(C)c1ccccc1-2. The molecule has 0 N–H and O–H groups in total. The van der Waals surface area contributed by atoms with E-state index >= 15 is 0 Å². The van der Waals surface area contributed by atoms with Gasteiger partial charge in [-0.25, -0.2) is 0 Å². The number of hydrogen-bond donors (Lipinski definition) is 0. The monoisotopic (exact) mass is 369 g/mol. The van der Waals surface area contributed by atoms with Gasteiger partial charge in [-0.15, -0.1) is 0 Å². The average molecular weight is 370 g/mol. The number of anilines is 2. The summed E-state index contributed by atoms with van der Waals surface area (Å²) in [6.45, 7) is 13.9. The van der Waals surface area contributed by atoms with Crippen molar-refractivity contribution >= 4 is 11.4 Å². The highest BCUT2D eigenvalue weighted by Gasteiger charge is 2.37. The molecule has 0 atom stereocenters. The number of rotatable bonds is 3. The molecule has 0 amide bonds. The van der Waals surface area contributed by atoms with Gasteiger partial charge in [0.1, 0.15) is 0 Å². The first-order valence-electron chi connectivity index (χ1n) is 10.4. The molecule has 0 saturated carbocycles. The Labute approximate surface area is 170 Å². The van der Waals surface area contributed by atoms with E-state index in [0.717, 1.165) is 6.42 Å². The van der Waals surface area contributed by atoms with E-state index in [1.54, 1.807) is 0 Å². The van der Waals surface area contributed by atoms with E-state index in [0.29, 0.717) is 0 Å². The van der Waals surface area contributed by atoms with Crippen LogP contribution in [-0.4, -0.2) is 5.54 Å². The molecule has 0 fully saturated rings. The van der Waals surface area contributed by atoms with Gasteiger partial charge in [-0.1, -0.05) is 63.2 Å². The molecule has 3 aromatic carbocycles. The summed E-state index contributed by atoms with van der Waals surface area (Å²) in [5.74, 6) is 0. The maximum absolute atomic E-state index is 2.51. The van der Waals surface area contributed by atoms with Crippen molar-refractivity contribution in [2.45, 2.75) is 58.9 Å². The summed E-state index contributed by atoms with van der Waals surface area (Å²) in [7, 11) is 0. The van der Waals surface area contributed by atoms with Crippen LogP contribution in [0.2, 0.25) is 0 Å². The molecule has 1 nitrogen and oxygen atoms in total. The molecular formula is C27H31N. The van der Waals surface area contributed by atoms with Gasteiger partial charge in [-0.3, -0.25) is 0 Å². The van der Waals surface area contributed by atoms with E-state index in [1.807, 2.05) is 0 Å². The molecule has 144 valence electrons. The molecule has 1 aliphatic rings. The smallest absolute Gasteiger partial charge is 0.0451 e. The van der Waals surface area contributed by atoms with Crippen molar-refractivity contribution in [3.05, 3.63) is 83.4 Å². The number of benzene rings is 3. The Morgan fingerprint density at radius 2 is 1.43 bits per heavy atom. The molecule has 1 heteroatoms. The lowest BCUT2D eigenvalue weighted by Gasteiger charge is -2.40. The lowest BCUT2D eigenvalue weighted by atomic mass is 9.81. The van der Waals surface area contributed by atoms with Crippen molar-refractivity contribution in [2.24, 2.45) is 0 Å². The number of fused-ring (bicyclic) bond motifs is 3. The van der Waals surface area contributed by atoms with Crippen LogP contribution in [0.4, 0.5) is 11.4 Å². The first-order chi connectivity index (χ1) is 13.2. The zero-order chi connectivity index (χ0) is 20.1. The molecule has 0 aliphatic heterocycles. The Morgan fingerprint density at radius 3 is 2.07 bits per heavy atom. The number of hydrogen-bond acceptors (Lipinski definition) is 1. The molecule has 0 aromatic heterocycles. The molecule has 3 aromatic rings. The Balaban J connectivity index is 1.98. The molecule has 0 saturated heterocycles. The molecule has 28 heavy (non-hydrogen) atoms. The van der Waals surface area contributed by atoms with Crippen LogP contribution in [0.3, 0.4) is 0 Å². The lowest BCUT2D eigenvalue weighted by molar-refractivity contribution is 0.558. The fourth-order valence-electron chi connectivity index (χ4n) is 4.74. The lowest BCUT2D eigenvalue weighted by Crippen LogP contribution is -2.38. The normalized spacial score (nSPS) is 14.5. The Bertz CT molecular complexity index is 1010. The largest absolute Gasteiger partial charge is 0.336 e. The molecular weight excluding hydrogens is 338 g/mol. The van der Waals surface area contributed by atoms with Crippen LogP contribution in [0.5, 0.6) is 0 Å². The van der Waals surface area contributed by atoms with Crippen molar-refractivity contribution < 1.29 is 0 Å². The quantitative estimate of drug-likeness (QED) is 0.462. The molecule has 0 radical (unpaired) electrons. The summed E-state index contributed by atoms with van der Waals surface area (Å²) in [5.41, 5.74) is 9.66. The topological polar surface area (TPSA) is 3.24 Å². The van der Waals surface area contributed by atoms with Gasteiger partial charge in [-0.05, 0) is 79.3 Å². The molecule has 0 unspecified atom stereocenters. The standard InChI is InChI=1S/C27H31N/c1-7-19-17-22-21-15-11-12-16-23(21)27(5,6)24(22)18-25(19)28(26(2,3)4)20-13-9-8-10-14-20/h8-18H,7H2,1-6H3. The van der Waals surface area contributed by atoms with Crippen LogP contribution in [-0.2, 0) is 11.8 Å². The minimum atomic E-state index is -0.0187. The maximum Gasteiger partial charge on any atom is 0.0451 e. The zero-order valence-electron chi connectivity index (χ0n) is 18.0. The van der Waals surface area contributed by atoms with E-state index < -0.39 is 0 Å².